The van der Waals surface area contributed by atoms with Crippen LogP contribution in [-0.2, 0) is 0 Å². The lowest BCUT2D eigenvalue weighted by atomic mass is 10.2. The van der Waals surface area contributed by atoms with E-state index < -0.39 is 0 Å². The molecule has 10 heteroatoms. The number of aromatic hydroxyl groups is 1. The quantitative estimate of drug-likeness (QED) is 0.226. The Morgan fingerprint density at radius 2 is 0.971 bits per heavy atom. The summed E-state index contributed by atoms with van der Waals surface area (Å²) in [7, 11) is 0. The Bertz CT molecular complexity index is 1230. The minimum atomic E-state index is -0.0523. The summed E-state index contributed by atoms with van der Waals surface area (Å²) >= 11 is 29.2. The van der Waals surface area contributed by atoms with Gasteiger partial charge in [0, 0.05) is 38.3 Å². The SMILES string of the molecule is Cl.Clc1ccc2c(c1)Oc1cc(Cl)ccc1O2.Oc1cc(Cl)ccc1Oc1ccc(Cl)cc1Cl. The third kappa shape index (κ3) is 6.48. The van der Waals surface area contributed by atoms with Gasteiger partial charge < -0.3 is 19.3 Å². The fourth-order valence-electron chi connectivity index (χ4n) is 2.78. The van der Waals surface area contributed by atoms with E-state index in [1.54, 1.807) is 66.7 Å². The van der Waals surface area contributed by atoms with E-state index in [1.165, 1.54) is 6.07 Å². The molecule has 0 saturated carbocycles. The van der Waals surface area contributed by atoms with Gasteiger partial charge in [0.1, 0.15) is 5.75 Å². The van der Waals surface area contributed by atoms with Crippen LogP contribution in [0.4, 0.5) is 0 Å². The lowest BCUT2D eigenvalue weighted by molar-refractivity contribution is 0.359. The van der Waals surface area contributed by atoms with Crippen molar-refractivity contribution in [3.63, 3.8) is 0 Å². The second-order valence-electron chi connectivity index (χ2n) is 6.68. The van der Waals surface area contributed by atoms with Gasteiger partial charge in [-0.2, -0.15) is 0 Å². The Labute approximate surface area is 226 Å². The monoisotopic (exact) mass is 576 g/mol. The van der Waals surface area contributed by atoms with Crippen molar-refractivity contribution in [2.75, 3.05) is 0 Å². The first-order valence-electron chi connectivity index (χ1n) is 9.35. The number of rotatable bonds is 2. The smallest absolute Gasteiger partial charge is 0.171 e. The zero-order valence-electron chi connectivity index (χ0n) is 16.9. The summed E-state index contributed by atoms with van der Waals surface area (Å²) < 4.78 is 16.7. The van der Waals surface area contributed by atoms with Gasteiger partial charge in [-0.25, -0.2) is 0 Å². The fraction of sp³-hybridized carbons (Fsp3) is 0. The van der Waals surface area contributed by atoms with Crippen LogP contribution in [-0.4, -0.2) is 5.11 Å². The molecule has 0 amide bonds. The van der Waals surface area contributed by atoms with Gasteiger partial charge in [0.15, 0.2) is 34.5 Å². The molecule has 1 aliphatic heterocycles. The first-order valence-corrected chi connectivity index (χ1v) is 11.2. The van der Waals surface area contributed by atoms with E-state index in [-0.39, 0.29) is 23.9 Å². The molecule has 0 saturated heterocycles. The maximum atomic E-state index is 9.62. The number of benzene rings is 4. The standard InChI is InChI=1S/C12H7Cl3O2.C12H6Cl2O2.ClH/c13-7-1-3-11(9(15)5-7)17-12-4-2-8(14)6-10(12)16;13-7-1-3-9-11(5-7)16-12-6-8(14)2-4-10(12)15-9;/h1-6,16H;1-6H;1H. The molecule has 4 aromatic rings. The molecule has 4 aromatic carbocycles. The van der Waals surface area contributed by atoms with Gasteiger partial charge in [-0.3, -0.25) is 0 Å². The molecule has 5 rings (SSSR count). The zero-order chi connectivity index (χ0) is 23.5. The van der Waals surface area contributed by atoms with Crippen molar-refractivity contribution in [2.24, 2.45) is 0 Å². The van der Waals surface area contributed by atoms with E-state index in [0.29, 0.717) is 53.9 Å². The molecule has 1 aliphatic rings. The molecule has 0 bridgehead atoms. The number of halogens is 6. The maximum absolute atomic E-state index is 9.62. The third-order valence-electron chi connectivity index (χ3n) is 4.29. The van der Waals surface area contributed by atoms with Gasteiger partial charge in [0.2, 0.25) is 0 Å². The first-order chi connectivity index (χ1) is 15.8. The molecule has 1 N–H and O–H groups in total. The highest BCUT2D eigenvalue weighted by Crippen LogP contribution is 2.46. The number of hydrogen-bond acceptors (Lipinski definition) is 4. The normalized spacial score (nSPS) is 10.9. The fourth-order valence-corrected chi connectivity index (χ4v) is 3.72. The maximum Gasteiger partial charge on any atom is 0.171 e. The highest BCUT2D eigenvalue weighted by molar-refractivity contribution is 6.35. The average molecular weight is 579 g/mol. The topological polar surface area (TPSA) is 47.9 Å². The Kier molecular flexibility index (Phi) is 8.94. The number of phenolic OH excluding ortho intramolecular Hbond substituents is 1. The largest absolute Gasteiger partial charge is 0.504 e. The van der Waals surface area contributed by atoms with Crippen molar-refractivity contribution >= 4 is 70.4 Å². The summed E-state index contributed by atoms with van der Waals surface area (Å²) in [6.07, 6.45) is 0. The lowest BCUT2D eigenvalue weighted by Gasteiger charge is -2.20. The van der Waals surface area contributed by atoms with Gasteiger partial charge in [0.25, 0.3) is 0 Å². The van der Waals surface area contributed by atoms with E-state index in [2.05, 4.69) is 0 Å². The number of phenols is 1. The molecule has 0 fully saturated rings. The van der Waals surface area contributed by atoms with Crippen LogP contribution in [0.15, 0.2) is 72.8 Å². The summed E-state index contributed by atoms with van der Waals surface area (Å²) in [4.78, 5) is 0. The molecule has 4 nitrogen and oxygen atoms in total. The van der Waals surface area contributed by atoms with E-state index in [0.717, 1.165) is 0 Å². The van der Waals surface area contributed by atoms with Crippen LogP contribution in [0.3, 0.4) is 0 Å². The molecule has 34 heavy (non-hydrogen) atoms. The molecule has 0 unspecified atom stereocenters. The highest BCUT2D eigenvalue weighted by atomic mass is 35.5. The zero-order valence-corrected chi connectivity index (χ0v) is 21.5. The van der Waals surface area contributed by atoms with Crippen molar-refractivity contribution < 1.29 is 19.3 Å². The number of fused-ring (bicyclic) bond motifs is 2. The second-order valence-corrected chi connectivity index (χ2v) is 8.83. The molecule has 176 valence electrons. The van der Waals surface area contributed by atoms with Crippen molar-refractivity contribution in [1.82, 2.24) is 0 Å². The van der Waals surface area contributed by atoms with Gasteiger partial charge in [-0.1, -0.05) is 58.0 Å². The van der Waals surface area contributed by atoms with Crippen molar-refractivity contribution in [1.29, 1.82) is 0 Å². The number of ether oxygens (including phenoxy) is 3. The Morgan fingerprint density at radius 1 is 0.529 bits per heavy atom. The molecule has 0 aliphatic carbocycles. The van der Waals surface area contributed by atoms with Gasteiger partial charge in [-0.15, -0.1) is 12.4 Å². The van der Waals surface area contributed by atoms with Gasteiger partial charge >= 0.3 is 0 Å². The first kappa shape index (κ1) is 26.4. The van der Waals surface area contributed by atoms with Gasteiger partial charge in [-0.05, 0) is 54.6 Å². The predicted octanol–water partition coefficient (Wildman–Crippen LogP) is 10.5. The van der Waals surface area contributed by atoms with Crippen molar-refractivity contribution in [2.45, 2.75) is 0 Å². The molecular formula is C24H14Cl6O4. The van der Waals surface area contributed by atoms with E-state index in [9.17, 15) is 5.11 Å². The van der Waals surface area contributed by atoms with Crippen LogP contribution in [0.25, 0.3) is 0 Å². The van der Waals surface area contributed by atoms with Crippen LogP contribution in [0.1, 0.15) is 0 Å². The van der Waals surface area contributed by atoms with E-state index in [4.69, 9.17) is 72.2 Å². The minimum Gasteiger partial charge on any atom is -0.504 e. The molecule has 0 spiro atoms. The predicted molar refractivity (Wildman–Crippen MR) is 140 cm³/mol. The Balaban J connectivity index is 0.000000185. The molecule has 0 aromatic heterocycles. The minimum absolute atomic E-state index is 0. The van der Waals surface area contributed by atoms with E-state index >= 15 is 0 Å². The van der Waals surface area contributed by atoms with Crippen molar-refractivity contribution in [3.8, 4) is 40.2 Å². The summed E-state index contributed by atoms with van der Waals surface area (Å²) in [6.45, 7) is 0. The summed E-state index contributed by atoms with van der Waals surface area (Å²) in [5.74, 6) is 3.14. The van der Waals surface area contributed by atoms with Crippen LogP contribution in [0, 0.1) is 0 Å². The Morgan fingerprint density at radius 3 is 1.50 bits per heavy atom. The summed E-state index contributed by atoms with van der Waals surface area (Å²) in [6, 6.07) is 19.9. The van der Waals surface area contributed by atoms with Crippen LogP contribution >= 0.6 is 70.4 Å². The summed E-state index contributed by atoms with van der Waals surface area (Å²) in [5.41, 5.74) is 0. The third-order valence-corrected chi connectivity index (χ3v) is 5.52. The highest BCUT2D eigenvalue weighted by Gasteiger charge is 2.18. The second kappa shape index (κ2) is 11.5. The Hall–Kier alpha value is -2.18. The van der Waals surface area contributed by atoms with E-state index in [1.807, 2.05) is 0 Å². The van der Waals surface area contributed by atoms with Gasteiger partial charge in [0.05, 0.1) is 5.02 Å². The summed E-state index contributed by atoms with van der Waals surface area (Å²) in [5, 5.41) is 12.1. The average Bonchev–Trinajstić information content (AvgIpc) is 2.76. The van der Waals surface area contributed by atoms with Crippen LogP contribution in [0.2, 0.25) is 25.1 Å². The molecule has 0 radical (unpaired) electrons. The van der Waals surface area contributed by atoms with Crippen LogP contribution in [0.5, 0.6) is 40.2 Å². The van der Waals surface area contributed by atoms with Crippen molar-refractivity contribution in [3.05, 3.63) is 97.9 Å². The number of hydrogen-bond donors (Lipinski definition) is 1. The molecular weight excluding hydrogens is 565 g/mol. The molecule has 0 atom stereocenters. The van der Waals surface area contributed by atoms with Crippen LogP contribution < -0.4 is 14.2 Å². The lowest BCUT2D eigenvalue weighted by Crippen LogP contribution is -1.98. The molecule has 1 heterocycles.